The number of anilines is 2. The second-order valence-corrected chi connectivity index (χ2v) is 7.26. The molecule has 1 aromatic heterocycles. The van der Waals surface area contributed by atoms with Crippen molar-refractivity contribution in [1.82, 2.24) is 4.98 Å². The van der Waals surface area contributed by atoms with Crippen LogP contribution >= 0.6 is 22.9 Å². The molecule has 8 heteroatoms. The summed E-state index contributed by atoms with van der Waals surface area (Å²) in [6, 6.07) is 13.2. The summed E-state index contributed by atoms with van der Waals surface area (Å²) in [5, 5.41) is 8.10. The van der Waals surface area contributed by atoms with E-state index in [1.807, 2.05) is 0 Å². The van der Waals surface area contributed by atoms with Crippen LogP contribution in [0, 0.1) is 0 Å². The van der Waals surface area contributed by atoms with E-state index in [0.717, 1.165) is 0 Å². The van der Waals surface area contributed by atoms with E-state index >= 15 is 0 Å². The van der Waals surface area contributed by atoms with Crippen LogP contribution in [0.25, 0.3) is 0 Å². The molecule has 142 valence electrons. The van der Waals surface area contributed by atoms with Gasteiger partial charge in [0.1, 0.15) is 0 Å². The lowest BCUT2D eigenvalue weighted by molar-refractivity contribution is -0.115. The molecule has 0 fully saturated rings. The van der Waals surface area contributed by atoms with E-state index in [2.05, 4.69) is 15.6 Å². The summed E-state index contributed by atoms with van der Waals surface area (Å²) in [5.74, 6) is -0.638. The number of amides is 2. The van der Waals surface area contributed by atoms with E-state index < -0.39 is 0 Å². The van der Waals surface area contributed by atoms with Crippen molar-refractivity contribution in [2.24, 2.45) is 0 Å². The lowest BCUT2D eigenvalue weighted by atomic mass is 10.1. The molecule has 0 aliphatic heterocycles. The van der Waals surface area contributed by atoms with Gasteiger partial charge in [-0.1, -0.05) is 23.7 Å². The maximum absolute atomic E-state index is 12.2. The van der Waals surface area contributed by atoms with Crippen LogP contribution in [0.2, 0.25) is 5.02 Å². The Morgan fingerprint density at radius 2 is 1.79 bits per heavy atom. The molecule has 0 aliphatic rings. The minimum Gasteiger partial charge on any atom is -0.326 e. The molecule has 0 unspecified atom stereocenters. The Labute approximate surface area is 170 Å². The third-order valence-corrected chi connectivity index (χ3v) is 4.83. The molecule has 0 saturated heterocycles. The molecule has 0 bridgehead atoms. The molecule has 0 saturated carbocycles. The average molecular weight is 414 g/mol. The number of Topliss-reactive ketones (excluding diaryl/α,β-unsaturated/α-hetero) is 1. The molecule has 0 aliphatic carbocycles. The lowest BCUT2D eigenvalue weighted by Gasteiger charge is -2.05. The normalized spacial score (nSPS) is 10.4. The van der Waals surface area contributed by atoms with Gasteiger partial charge in [0.15, 0.2) is 10.9 Å². The predicted octanol–water partition coefficient (Wildman–Crippen LogP) is 4.43. The van der Waals surface area contributed by atoms with Crippen molar-refractivity contribution in [2.75, 3.05) is 10.6 Å². The Bertz CT molecular complexity index is 1030. The van der Waals surface area contributed by atoms with Crippen molar-refractivity contribution in [3.63, 3.8) is 0 Å². The number of thiazole rings is 1. The van der Waals surface area contributed by atoms with Crippen molar-refractivity contribution in [3.8, 4) is 0 Å². The maximum atomic E-state index is 12.2. The number of nitrogens with zero attached hydrogens (tertiary/aromatic N) is 1. The van der Waals surface area contributed by atoms with Gasteiger partial charge in [0.05, 0.1) is 12.1 Å². The van der Waals surface area contributed by atoms with E-state index in [1.165, 1.54) is 18.3 Å². The number of nitrogens with one attached hydrogen (secondary N) is 2. The highest BCUT2D eigenvalue weighted by molar-refractivity contribution is 7.14. The Kier molecular flexibility index (Phi) is 6.18. The maximum Gasteiger partial charge on any atom is 0.257 e. The first-order chi connectivity index (χ1) is 13.4. The van der Waals surface area contributed by atoms with Crippen molar-refractivity contribution in [1.29, 1.82) is 0 Å². The van der Waals surface area contributed by atoms with Crippen molar-refractivity contribution in [2.45, 2.75) is 13.3 Å². The summed E-state index contributed by atoms with van der Waals surface area (Å²) in [7, 11) is 0. The molecule has 2 N–H and O–H groups in total. The molecule has 0 radical (unpaired) electrons. The number of rotatable bonds is 6. The monoisotopic (exact) mass is 413 g/mol. The van der Waals surface area contributed by atoms with Crippen LogP contribution in [0.4, 0.5) is 10.8 Å². The van der Waals surface area contributed by atoms with E-state index in [9.17, 15) is 14.4 Å². The predicted molar refractivity (Wildman–Crippen MR) is 110 cm³/mol. The van der Waals surface area contributed by atoms with Gasteiger partial charge in [0.2, 0.25) is 5.91 Å². The van der Waals surface area contributed by atoms with Crippen LogP contribution in [0.5, 0.6) is 0 Å². The minimum atomic E-state index is -0.303. The zero-order valence-electron chi connectivity index (χ0n) is 14.9. The molecule has 2 amide bonds. The Hall–Kier alpha value is -3.03. The quantitative estimate of drug-likeness (QED) is 0.585. The molecule has 0 atom stereocenters. The second-order valence-electron chi connectivity index (χ2n) is 5.97. The van der Waals surface area contributed by atoms with Crippen LogP contribution in [0.1, 0.15) is 33.3 Å². The van der Waals surface area contributed by atoms with Gasteiger partial charge < -0.3 is 5.32 Å². The van der Waals surface area contributed by atoms with E-state index in [-0.39, 0.29) is 24.0 Å². The number of aromatic nitrogens is 1. The fraction of sp³-hybridized carbons (Fsp3) is 0.100. The van der Waals surface area contributed by atoms with Crippen LogP contribution in [0.3, 0.4) is 0 Å². The molecule has 0 spiro atoms. The van der Waals surface area contributed by atoms with Gasteiger partial charge >= 0.3 is 0 Å². The molecule has 2 aromatic carbocycles. The molecule has 3 aromatic rings. The van der Waals surface area contributed by atoms with Gasteiger partial charge in [0, 0.05) is 27.2 Å². The van der Waals surface area contributed by atoms with Crippen molar-refractivity contribution in [3.05, 3.63) is 75.8 Å². The zero-order chi connectivity index (χ0) is 20.1. The number of carbonyl (C=O) groups is 3. The highest BCUT2D eigenvalue weighted by Crippen LogP contribution is 2.18. The van der Waals surface area contributed by atoms with E-state index in [1.54, 1.807) is 53.9 Å². The van der Waals surface area contributed by atoms with E-state index in [0.29, 0.717) is 32.7 Å². The summed E-state index contributed by atoms with van der Waals surface area (Å²) in [5.41, 5.74) is 2.07. The van der Waals surface area contributed by atoms with Crippen LogP contribution < -0.4 is 10.6 Å². The van der Waals surface area contributed by atoms with Crippen LogP contribution in [-0.4, -0.2) is 22.6 Å². The highest BCUT2D eigenvalue weighted by atomic mass is 35.5. The largest absolute Gasteiger partial charge is 0.326 e. The summed E-state index contributed by atoms with van der Waals surface area (Å²) in [4.78, 5) is 40.1. The molecule has 28 heavy (non-hydrogen) atoms. The SMILES string of the molecule is CC(=O)c1cccc(NC(=O)Cc2csc(NC(=O)c3ccc(Cl)cc3)n2)c1. The molecular formula is C20H16ClN3O3S. The van der Waals surface area contributed by atoms with Gasteiger partial charge in [-0.05, 0) is 43.3 Å². The first-order valence-corrected chi connectivity index (χ1v) is 9.58. The molecule has 1 heterocycles. The topological polar surface area (TPSA) is 88.2 Å². The number of benzene rings is 2. The highest BCUT2D eigenvalue weighted by Gasteiger charge is 2.12. The Morgan fingerprint density at radius 1 is 1.04 bits per heavy atom. The number of ketones is 1. The van der Waals surface area contributed by atoms with Gasteiger partial charge in [-0.25, -0.2) is 4.98 Å². The third kappa shape index (κ3) is 5.25. The first-order valence-electron chi connectivity index (χ1n) is 8.33. The van der Waals surface area contributed by atoms with Gasteiger partial charge in [0.25, 0.3) is 5.91 Å². The average Bonchev–Trinajstić information content (AvgIpc) is 3.09. The zero-order valence-corrected chi connectivity index (χ0v) is 16.4. The fourth-order valence-corrected chi connectivity index (χ4v) is 3.23. The fourth-order valence-electron chi connectivity index (χ4n) is 2.40. The van der Waals surface area contributed by atoms with Crippen molar-refractivity contribution < 1.29 is 14.4 Å². The number of halogens is 1. The van der Waals surface area contributed by atoms with Gasteiger partial charge in [-0.2, -0.15) is 0 Å². The van der Waals surface area contributed by atoms with Crippen molar-refractivity contribution >= 4 is 51.4 Å². The molecular weight excluding hydrogens is 398 g/mol. The number of carbonyl (C=O) groups excluding carboxylic acids is 3. The number of hydrogen-bond donors (Lipinski definition) is 2. The number of hydrogen-bond acceptors (Lipinski definition) is 5. The smallest absolute Gasteiger partial charge is 0.257 e. The standard InChI is InChI=1S/C20H16ClN3O3S/c1-12(25)14-3-2-4-16(9-14)22-18(26)10-17-11-28-20(23-17)24-19(27)13-5-7-15(21)8-6-13/h2-9,11H,10H2,1H3,(H,22,26)(H,23,24,27). The van der Waals surface area contributed by atoms with E-state index in [4.69, 9.17) is 11.6 Å². The van der Waals surface area contributed by atoms with Crippen LogP contribution in [0.15, 0.2) is 53.9 Å². The lowest BCUT2D eigenvalue weighted by Crippen LogP contribution is -2.15. The third-order valence-electron chi connectivity index (χ3n) is 3.77. The second kappa shape index (κ2) is 8.77. The molecule has 6 nitrogen and oxygen atoms in total. The van der Waals surface area contributed by atoms with Gasteiger partial charge in [-0.3, -0.25) is 19.7 Å². The molecule has 3 rings (SSSR count). The summed E-state index contributed by atoms with van der Waals surface area (Å²) >= 11 is 7.05. The first kappa shape index (κ1) is 19.7. The van der Waals surface area contributed by atoms with Crippen LogP contribution in [-0.2, 0) is 11.2 Å². The summed E-state index contributed by atoms with van der Waals surface area (Å²) < 4.78 is 0. The van der Waals surface area contributed by atoms with Gasteiger partial charge in [-0.15, -0.1) is 11.3 Å². The summed E-state index contributed by atoms with van der Waals surface area (Å²) in [6.45, 7) is 1.47. The Morgan fingerprint density at radius 3 is 2.50 bits per heavy atom. The Balaban J connectivity index is 1.58. The minimum absolute atomic E-state index is 0.0532. The summed E-state index contributed by atoms with van der Waals surface area (Å²) in [6.07, 6.45) is 0.0532.